The molecule has 0 amide bonds. The zero-order chi connectivity index (χ0) is 15.1. The normalized spacial score (nSPS) is 19.3. The third-order valence-corrected chi connectivity index (χ3v) is 7.66. The van der Waals surface area contributed by atoms with E-state index in [1.165, 1.54) is 30.6 Å². The van der Waals surface area contributed by atoms with Gasteiger partial charge in [0.15, 0.2) is 0 Å². The first-order valence-electron chi connectivity index (χ1n) is 7.89. The minimum Gasteiger partial charge on any atom is -1.00 e. The Morgan fingerprint density at radius 3 is 2.57 bits per heavy atom. The van der Waals surface area contributed by atoms with Gasteiger partial charge in [0.05, 0.1) is 0 Å². The maximum atomic E-state index is 2.41. The maximum Gasteiger partial charge on any atom is -1.00 e. The van der Waals surface area contributed by atoms with Crippen LogP contribution in [-0.2, 0) is 22.8 Å². The monoisotopic (exact) mass is 445 g/mol. The van der Waals surface area contributed by atoms with Crippen LogP contribution in [-0.4, -0.2) is 3.21 Å². The van der Waals surface area contributed by atoms with Gasteiger partial charge < -0.3 is 24.8 Å². The SMILES string of the molecule is CCCCC1=CC2C=CC=C2S1.C[C](C)=[Zr+2][C]1=CC=CC1.[Cl-].[Cl-]. The summed E-state index contributed by atoms with van der Waals surface area (Å²) in [5, 5.41) is 0. The molecule has 0 N–H and O–H groups in total. The van der Waals surface area contributed by atoms with Crippen LogP contribution in [0.1, 0.15) is 46.5 Å². The van der Waals surface area contributed by atoms with Crippen molar-refractivity contribution < 1.29 is 47.6 Å². The molecule has 0 aromatic heterocycles. The summed E-state index contributed by atoms with van der Waals surface area (Å²) >= 11 is 1.76. The molecule has 3 rings (SSSR count). The molecule has 1 aliphatic heterocycles. The smallest absolute Gasteiger partial charge is 1.00 e. The molecule has 125 valence electrons. The van der Waals surface area contributed by atoms with Crippen LogP contribution < -0.4 is 24.8 Å². The van der Waals surface area contributed by atoms with E-state index in [1.807, 2.05) is 11.8 Å². The van der Waals surface area contributed by atoms with Crippen LogP contribution in [0, 0.1) is 5.92 Å². The number of hydrogen-bond donors (Lipinski definition) is 0. The van der Waals surface area contributed by atoms with Crippen LogP contribution >= 0.6 is 11.8 Å². The van der Waals surface area contributed by atoms with Gasteiger partial charge in [0.25, 0.3) is 0 Å². The minimum absolute atomic E-state index is 0. The van der Waals surface area contributed by atoms with Crippen LogP contribution in [0.25, 0.3) is 0 Å². The fourth-order valence-electron chi connectivity index (χ4n) is 2.45. The van der Waals surface area contributed by atoms with E-state index in [4.69, 9.17) is 0 Å². The zero-order valence-corrected chi connectivity index (χ0v) is 18.9. The van der Waals surface area contributed by atoms with Crippen molar-refractivity contribution in [3.63, 3.8) is 0 Å². The maximum absolute atomic E-state index is 2.41. The van der Waals surface area contributed by atoms with E-state index in [1.54, 1.807) is 11.4 Å². The van der Waals surface area contributed by atoms with Gasteiger partial charge in [0, 0.05) is 10.8 Å². The molecule has 1 atom stereocenters. The van der Waals surface area contributed by atoms with Gasteiger partial charge >= 0.3 is 67.7 Å². The van der Waals surface area contributed by atoms with Crippen LogP contribution in [0.3, 0.4) is 0 Å². The summed E-state index contributed by atoms with van der Waals surface area (Å²) in [5.41, 5.74) is 0. The summed E-state index contributed by atoms with van der Waals surface area (Å²) in [4.78, 5) is 3.11. The average molecular weight is 448 g/mol. The summed E-state index contributed by atoms with van der Waals surface area (Å²) < 4.78 is 3.40. The second-order valence-corrected chi connectivity index (χ2v) is 11.6. The molecular formula is C19H25Cl2SZr. The molecule has 0 saturated heterocycles. The van der Waals surface area contributed by atoms with Crippen LogP contribution in [0.15, 0.2) is 55.6 Å². The Bertz CT molecular complexity index is 550. The summed E-state index contributed by atoms with van der Waals surface area (Å²) in [7, 11) is 0. The number of unbranched alkanes of at least 4 members (excludes halogenated alkanes) is 1. The second kappa shape index (κ2) is 12.7. The summed E-state index contributed by atoms with van der Waals surface area (Å²) in [5.74, 6) is 0.641. The van der Waals surface area contributed by atoms with Crippen molar-refractivity contribution in [3.05, 3.63) is 55.6 Å². The minimum atomic E-state index is -0.220. The van der Waals surface area contributed by atoms with E-state index in [2.05, 4.69) is 63.3 Å². The van der Waals surface area contributed by atoms with Crippen molar-refractivity contribution in [1.82, 2.24) is 0 Å². The number of halogens is 2. The molecular weight excluding hydrogens is 422 g/mol. The number of hydrogen-bond acceptors (Lipinski definition) is 1. The van der Waals surface area contributed by atoms with E-state index in [0.717, 1.165) is 0 Å². The van der Waals surface area contributed by atoms with Crippen molar-refractivity contribution >= 4 is 15.0 Å². The summed E-state index contributed by atoms with van der Waals surface area (Å²) in [6, 6.07) is 0. The molecule has 0 bridgehead atoms. The molecule has 3 aliphatic rings. The topological polar surface area (TPSA) is 0 Å². The number of fused-ring (bicyclic) bond motifs is 1. The van der Waals surface area contributed by atoms with Crippen molar-refractivity contribution in [2.45, 2.75) is 46.5 Å². The Morgan fingerprint density at radius 1 is 1.22 bits per heavy atom. The molecule has 2 aliphatic carbocycles. The molecule has 0 aromatic rings. The Kier molecular flexibility index (Phi) is 12.9. The Morgan fingerprint density at radius 2 is 2.00 bits per heavy atom. The molecule has 0 radical (unpaired) electrons. The molecule has 1 unspecified atom stereocenters. The fourth-order valence-corrected chi connectivity index (χ4v) is 6.20. The number of thioether (sulfide) groups is 1. The molecule has 0 saturated carbocycles. The van der Waals surface area contributed by atoms with Gasteiger partial charge in [-0.05, 0) is 17.7 Å². The molecule has 1 heterocycles. The largest absolute Gasteiger partial charge is 1.00 e. The summed E-state index contributed by atoms with van der Waals surface area (Å²) in [6.07, 6.45) is 21.0. The second-order valence-electron chi connectivity index (χ2n) is 5.77. The first-order chi connectivity index (χ1) is 10.2. The standard InChI is InChI=1S/C11H14S.C5H5.C3H6.2ClH.Zr/c1-2-3-6-10-8-9-5-4-7-11(9)12-10;1-2-4-5-3-1;1-3-2;;;/h4-5,7-9H,2-3,6H2,1H3;1-3H,4H2;1-2H3;2*1H;/q;;;;;+2/p-2. The molecule has 23 heavy (non-hydrogen) atoms. The molecule has 0 aromatic carbocycles. The predicted molar refractivity (Wildman–Crippen MR) is 94.1 cm³/mol. The Balaban J connectivity index is 0.000000401. The van der Waals surface area contributed by atoms with Crippen molar-refractivity contribution in [1.29, 1.82) is 0 Å². The van der Waals surface area contributed by atoms with E-state index in [9.17, 15) is 0 Å². The van der Waals surface area contributed by atoms with E-state index >= 15 is 0 Å². The fraction of sp³-hybridized carbons (Fsp3) is 0.421. The first-order valence-corrected chi connectivity index (χ1v) is 11.2. The Hall–Kier alpha value is 0.383. The van der Waals surface area contributed by atoms with Gasteiger partial charge in [-0.15, -0.1) is 0 Å². The van der Waals surface area contributed by atoms with Gasteiger partial charge in [0.1, 0.15) is 0 Å². The molecule has 4 heteroatoms. The van der Waals surface area contributed by atoms with Gasteiger partial charge in [-0.1, -0.05) is 49.4 Å². The van der Waals surface area contributed by atoms with Crippen LogP contribution in [0.4, 0.5) is 0 Å². The molecule has 0 fully saturated rings. The summed E-state index contributed by atoms with van der Waals surface area (Å²) in [6.45, 7) is 6.76. The van der Waals surface area contributed by atoms with E-state index < -0.39 is 0 Å². The average Bonchev–Trinajstić information content (AvgIpc) is 3.12. The third-order valence-electron chi connectivity index (χ3n) is 3.48. The van der Waals surface area contributed by atoms with Gasteiger partial charge in [-0.3, -0.25) is 0 Å². The third kappa shape index (κ3) is 8.34. The van der Waals surface area contributed by atoms with E-state index in [-0.39, 0.29) is 47.6 Å². The van der Waals surface area contributed by atoms with Crippen molar-refractivity contribution in [2.75, 3.05) is 0 Å². The van der Waals surface area contributed by atoms with Crippen LogP contribution in [0.2, 0.25) is 0 Å². The van der Waals surface area contributed by atoms with Crippen molar-refractivity contribution in [2.24, 2.45) is 5.92 Å². The molecule has 0 spiro atoms. The Labute approximate surface area is 169 Å². The van der Waals surface area contributed by atoms with Gasteiger partial charge in [0.2, 0.25) is 0 Å². The number of allylic oxidation sites excluding steroid dienone is 10. The first kappa shape index (κ1) is 23.4. The van der Waals surface area contributed by atoms with Gasteiger partial charge in [-0.25, -0.2) is 0 Å². The number of rotatable bonds is 4. The van der Waals surface area contributed by atoms with Crippen LogP contribution in [0.5, 0.6) is 0 Å². The molecule has 0 nitrogen and oxygen atoms in total. The predicted octanol–water partition coefficient (Wildman–Crippen LogP) is 0.0101. The zero-order valence-electron chi connectivity index (χ0n) is 14.1. The van der Waals surface area contributed by atoms with Gasteiger partial charge in [-0.2, -0.15) is 0 Å². The quantitative estimate of drug-likeness (QED) is 0.585. The van der Waals surface area contributed by atoms with E-state index in [0.29, 0.717) is 5.92 Å². The van der Waals surface area contributed by atoms with Crippen molar-refractivity contribution in [3.8, 4) is 0 Å².